The molecule has 0 aromatic heterocycles. The first kappa shape index (κ1) is 14.0. The smallest absolute Gasteiger partial charge is 0.424 e. The van der Waals surface area contributed by atoms with Crippen LogP contribution in [0.4, 0.5) is 4.79 Å². The molecule has 2 aromatic rings. The van der Waals surface area contributed by atoms with E-state index in [9.17, 15) is 9.59 Å². The van der Waals surface area contributed by atoms with E-state index in [0.29, 0.717) is 16.7 Å². The third-order valence-corrected chi connectivity index (χ3v) is 4.13. The summed E-state index contributed by atoms with van der Waals surface area (Å²) in [6.07, 6.45) is -2.09. The minimum absolute atomic E-state index is 0.0847. The summed E-state index contributed by atoms with van der Waals surface area (Å²) >= 11 is 0. The summed E-state index contributed by atoms with van der Waals surface area (Å²) in [6.45, 7) is 0.273. The van der Waals surface area contributed by atoms with Crippen LogP contribution in [0.5, 0.6) is 0 Å². The summed E-state index contributed by atoms with van der Waals surface area (Å²) in [7, 11) is 0. The molecular formula is C18H14O5. The number of hydrogen-bond donors (Lipinski definition) is 0. The minimum Gasteiger partial charge on any atom is -0.424 e. The third-order valence-electron chi connectivity index (χ3n) is 4.13. The molecule has 0 radical (unpaired) electrons. The van der Waals surface area contributed by atoms with Crippen molar-refractivity contribution in [1.29, 1.82) is 0 Å². The number of hydrogen-bond acceptors (Lipinski definition) is 5. The Morgan fingerprint density at radius 2 is 1.70 bits per heavy atom. The lowest BCUT2D eigenvalue weighted by atomic mass is 9.93. The van der Waals surface area contributed by atoms with Crippen LogP contribution in [0.1, 0.15) is 27.6 Å². The molecule has 5 heteroatoms. The Balaban J connectivity index is 1.71. The van der Waals surface area contributed by atoms with E-state index in [4.69, 9.17) is 14.2 Å². The quantitative estimate of drug-likeness (QED) is 0.644. The predicted molar refractivity (Wildman–Crippen MR) is 80.2 cm³/mol. The van der Waals surface area contributed by atoms with Crippen molar-refractivity contribution in [1.82, 2.24) is 0 Å². The van der Waals surface area contributed by atoms with Crippen LogP contribution in [0.25, 0.3) is 0 Å². The average molecular weight is 310 g/mol. The topological polar surface area (TPSA) is 61.8 Å². The van der Waals surface area contributed by atoms with Gasteiger partial charge in [0.15, 0.2) is 18.0 Å². The maximum absolute atomic E-state index is 12.8. The van der Waals surface area contributed by atoms with Crippen LogP contribution in [-0.2, 0) is 14.2 Å². The molecule has 0 N–H and O–H groups in total. The highest BCUT2D eigenvalue weighted by Crippen LogP contribution is 2.38. The van der Waals surface area contributed by atoms with Gasteiger partial charge in [0.05, 0.1) is 6.61 Å². The molecule has 2 aliphatic rings. The standard InChI is InChI=1S/C18H14O5/c19-15(11-6-2-1-3-7-11)12-8-4-5-9-13(12)16-17-14(10-21-16)22-18(20)23-17/h1-9,14,16-17H,10H2/t14-,16-,17-/m0/s1. The van der Waals surface area contributed by atoms with Gasteiger partial charge in [0.25, 0.3) is 0 Å². The molecule has 2 aromatic carbocycles. The van der Waals surface area contributed by atoms with Crippen molar-refractivity contribution in [2.45, 2.75) is 18.3 Å². The van der Waals surface area contributed by atoms with Crippen LogP contribution in [0, 0.1) is 0 Å². The minimum atomic E-state index is -0.680. The molecule has 0 amide bonds. The van der Waals surface area contributed by atoms with Gasteiger partial charge in [-0.05, 0) is 5.56 Å². The third kappa shape index (κ3) is 2.39. The molecule has 0 saturated carbocycles. The SMILES string of the molecule is O=C1O[C@H]2[C@H](CO[C@H]2c2ccccc2C(=O)c2ccccc2)O1. The molecule has 0 aliphatic carbocycles. The fraction of sp³-hybridized carbons (Fsp3) is 0.222. The molecule has 2 saturated heterocycles. The van der Waals surface area contributed by atoms with E-state index in [-0.39, 0.29) is 12.4 Å². The molecule has 116 valence electrons. The first-order chi connectivity index (χ1) is 11.2. The van der Waals surface area contributed by atoms with Gasteiger partial charge in [-0.3, -0.25) is 4.79 Å². The lowest BCUT2D eigenvalue weighted by Gasteiger charge is -2.18. The Morgan fingerprint density at radius 1 is 0.957 bits per heavy atom. The van der Waals surface area contributed by atoms with Crippen molar-refractivity contribution in [2.24, 2.45) is 0 Å². The number of ether oxygens (including phenoxy) is 3. The van der Waals surface area contributed by atoms with Gasteiger partial charge < -0.3 is 14.2 Å². The van der Waals surface area contributed by atoms with E-state index in [1.165, 1.54) is 0 Å². The fourth-order valence-corrected chi connectivity index (χ4v) is 3.05. The number of carbonyl (C=O) groups excluding carboxylic acids is 2. The Morgan fingerprint density at radius 3 is 2.52 bits per heavy atom. The molecule has 2 fully saturated rings. The number of ketones is 1. The van der Waals surface area contributed by atoms with E-state index in [0.717, 1.165) is 0 Å². The van der Waals surface area contributed by atoms with Gasteiger partial charge in [-0.2, -0.15) is 0 Å². The summed E-state index contributed by atoms with van der Waals surface area (Å²) in [5.74, 6) is -0.0847. The van der Waals surface area contributed by atoms with Crippen LogP contribution in [0.3, 0.4) is 0 Å². The molecule has 2 heterocycles. The maximum atomic E-state index is 12.8. The average Bonchev–Trinajstić information content (AvgIpc) is 3.14. The number of benzene rings is 2. The zero-order valence-corrected chi connectivity index (χ0v) is 12.2. The van der Waals surface area contributed by atoms with Crippen molar-refractivity contribution in [3.8, 4) is 0 Å². The highest BCUT2D eigenvalue weighted by atomic mass is 16.8. The van der Waals surface area contributed by atoms with Crippen molar-refractivity contribution in [3.63, 3.8) is 0 Å². The van der Waals surface area contributed by atoms with E-state index in [1.54, 1.807) is 18.2 Å². The van der Waals surface area contributed by atoms with Crippen molar-refractivity contribution in [2.75, 3.05) is 6.61 Å². The lowest BCUT2D eigenvalue weighted by molar-refractivity contribution is 0.0183. The summed E-state index contributed by atoms with van der Waals surface area (Å²) in [5, 5.41) is 0. The van der Waals surface area contributed by atoms with E-state index < -0.39 is 24.5 Å². The van der Waals surface area contributed by atoms with Gasteiger partial charge in [-0.25, -0.2) is 4.79 Å². The molecular weight excluding hydrogens is 296 g/mol. The molecule has 23 heavy (non-hydrogen) atoms. The van der Waals surface area contributed by atoms with Crippen molar-refractivity contribution in [3.05, 3.63) is 71.3 Å². The second-order valence-corrected chi connectivity index (χ2v) is 5.53. The van der Waals surface area contributed by atoms with Gasteiger partial charge in [-0.1, -0.05) is 54.6 Å². The summed E-state index contributed by atoms with van der Waals surface area (Å²) in [5.41, 5.74) is 1.87. The van der Waals surface area contributed by atoms with Crippen LogP contribution >= 0.6 is 0 Å². The van der Waals surface area contributed by atoms with Crippen LogP contribution in [0.2, 0.25) is 0 Å². The molecule has 3 atom stereocenters. The Hall–Kier alpha value is -2.66. The summed E-state index contributed by atoms with van der Waals surface area (Å²) < 4.78 is 16.0. The van der Waals surface area contributed by atoms with Crippen molar-refractivity contribution >= 4 is 11.9 Å². The predicted octanol–water partition coefficient (Wildman–Crippen LogP) is 2.89. The molecule has 0 spiro atoms. The zero-order valence-electron chi connectivity index (χ0n) is 12.2. The highest BCUT2D eigenvalue weighted by Gasteiger charge is 2.49. The van der Waals surface area contributed by atoms with Gasteiger partial charge >= 0.3 is 6.16 Å². The van der Waals surface area contributed by atoms with E-state index >= 15 is 0 Å². The number of rotatable bonds is 3. The van der Waals surface area contributed by atoms with Crippen LogP contribution in [0.15, 0.2) is 54.6 Å². The summed E-state index contributed by atoms with van der Waals surface area (Å²) in [4.78, 5) is 24.1. The molecule has 0 bridgehead atoms. The Bertz CT molecular complexity index is 755. The second-order valence-electron chi connectivity index (χ2n) is 5.53. The first-order valence-corrected chi connectivity index (χ1v) is 7.41. The number of fused-ring (bicyclic) bond motifs is 1. The highest BCUT2D eigenvalue weighted by molar-refractivity contribution is 6.10. The zero-order chi connectivity index (χ0) is 15.8. The molecule has 4 rings (SSSR count). The lowest BCUT2D eigenvalue weighted by Crippen LogP contribution is -2.23. The largest absolute Gasteiger partial charge is 0.509 e. The second kappa shape index (κ2) is 5.52. The normalized spacial score (nSPS) is 25.6. The Kier molecular flexibility index (Phi) is 3.35. The summed E-state index contributed by atoms with van der Waals surface area (Å²) in [6, 6.07) is 16.3. The van der Waals surface area contributed by atoms with Crippen LogP contribution < -0.4 is 0 Å². The fourth-order valence-electron chi connectivity index (χ4n) is 3.05. The molecule has 2 aliphatic heterocycles. The van der Waals surface area contributed by atoms with Gasteiger partial charge in [-0.15, -0.1) is 0 Å². The van der Waals surface area contributed by atoms with E-state index in [2.05, 4.69) is 0 Å². The van der Waals surface area contributed by atoms with E-state index in [1.807, 2.05) is 36.4 Å². The van der Waals surface area contributed by atoms with Gasteiger partial charge in [0.2, 0.25) is 0 Å². The number of carbonyl (C=O) groups is 2. The van der Waals surface area contributed by atoms with Crippen LogP contribution in [-0.4, -0.2) is 30.8 Å². The van der Waals surface area contributed by atoms with Gasteiger partial charge in [0.1, 0.15) is 6.10 Å². The monoisotopic (exact) mass is 310 g/mol. The Labute approximate surface area is 132 Å². The van der Waals surface area contributed by atoms with Gasteiger partial charge in [0, 0.05) is 11.1 Å². The molecule has 0 unspecified atom stereocenters. The maximum Gasteiger partial charge on any atom is 0.509 e. The molecule has 5 nitrogen and oxygen atoms in total. The first-order valence-electron chi connectivity index (χ1n) is 7.41. The van der Waals surface area contributed by atoms with Crippen molar-refractivity contribution < 1.29 is 23.8 Å².